The number of hydrogen-bond acceptors (Lipinski definition) is 2. The summed E-state index contributed by atoms with van der Waals surface area (Å²) in [7, 11) is 0. The smallest absolute Gasteiger partial charge is 0.325 e. The summed E-state index contributed by atoms with van der Waals surface area (Å²) in [5, 5.41) is 10.2. The molecule has 1 aromatic rings. The van der Waals surface area contributed by atoms with Gasteiger partial charge in [-0.05, 0) is 29.5 Å². The highest BCUT2D eigenvalue weighted by molar-refractivity contribution is 6.30. The Morgan fingerprint density at radius 2 is 1.55 bits per heavy atom. The van der Waals surface area contributed by atoms with Crippen molar-refractivity contribution in [1.29, 1.82) is 0 Å². The van der Waals surface area contributed by atoms with E-state index < -0.39 is 12.0 Å². The Balaban J connectivity index is 3.06. The molecule has 20 heavy (non-hydrogen) atoms. The molecule has 0 heterocycles. The summed E-state index contributed by atoms with van der Waals surface area (Å²) in [6.45, 7) is 9.94. The second kappa shape index (κ2) is 7.65. The van der Waals surface area contributed by atoms with Gasteiger partial charge in [0.2, 0.25) is 0 Å². The van der Waals surface area contributed by atoms with E-state index in [1.54, 1.807) is 24.3 Å². The normalized spacial score (nSPS) is 13.2. The van der Waals surface area contributed by atoms with Crippen LogP contribution in [-0.2, 0) is 4.79 Å². The van der Waals surface area contributed by atoms with Crippen LogP contribution in [0.4, 0.5) is 0 Å². The van der Waals surface area contributed by atoms with Crippen LogP contribution in [0.1, 0.15) is 39.3 Å². The Bertz CT molecular complexity index is 419. The van der Waals surface area contributed by atoms with Crippen LogP contribution >= 0.6 is 11.6 Å². The molecule has 0 aromatic heterocycles. The zero-order valence-corrected chi connectivity index (χ0v) is 13.4. The van der Waals surface area contributed by atoms with Crippen molar-refractivity contribution in [3.05, 3.63) is 34.9 Å². The predicted molar refractivity (Wildman–Crippen MR) is 83.1 cm³/mol. The lowest BCUT2D eigenvalue weighted by Crippen LogP contribution is -2.39. The molecule has 0 spiro atoms. The van der Waals surface area contributed by atoms with Gasteiger partial charge in [-0.25, -0.2) is 0 Å². The highest BCUT2D eigenvalue weighted by Gasteiger charge is 2.28. The average Bonchev–Trinajstić information content (AvgIpc) is 2.29. The number of halogens is 1. The summed E-state index contributed by atoms with van der Waals surface area (Å²) in [4.78, 5) is 13.8. The Labute approximate surface area is 126 Å². The second-order valence-electron chi connectivity index (χ2n) is 6.03. The molecule has 3 nitrogen and oxygen atoms in total. The van der Waals surface area contributed by atoms with Gasteiger partial charge < -0.3 is 5.11 Å². The van der Waals surface area contributed by atoms with Crippen molar-refractivity contribution >= 4 is 17.6 Å². The fourth-order valence-electron chi connectivity index (χ4n) is 2.38. The summed E-state index contributed by atoms with van der Waals surface area (Å²) in [5.41, 5.74) is 0.781. The molecule has 0 saturated carbocycles. The standard InChI is InChI=1S/C16H24ClNO2/c1-11(2)9-18(10-12(3)4)15(16(19)20)13-5-7-14(17)8-6-13/h5-8,11-12,15H,9-10H2,1-4H3,(H,19,20). The quantitative estimate of drug-likeness (QED) is 0.824. The van der Waals surface area contributed by atoms with Gasteiger partial charge in [-0.2, -0.15) is 0 Å². The molecule has 0 saturated heterocycles. The van der Waals surface area contributed by atoms with Gasteiger partial charge in [-0.3, -0.25) is 9.69 Å². The number of rotatable bonds is 7. The van der Waals surface area contributed by atoms with Gasteiger partial charge in [0.25, 0.3) is 0 Å². The molecular weight excluding hydrogens is 274 g/mol. The largest absolute Gasteiger partial charge is 0.480 e. The van der Waals surface area contributed by atoms with Gasteiger partial charge in [0, 0.05) is 18.1 Å². The minimum Gasteiger partial charge on any atom is -0.480 e. The van der Waals surface area contributed by atoms with Crippen LogP contribution in [0, 0.1) is 11.8 Å². The SMILES string of the molecule is CC(C)CN(CC(C)C)C(C(=O)O)c1ccc(Cl)cc1. The van der Waals surface area contributed by atoms with Crippen LogP contribution in [0.5, 0.6) is 0 Å². The van der Waals surface area contributed by atoms with Crippen molar-refractivity contribution in [3.63, 3.8) is 0 Å². The first-order valence-electron chi connectivity index (χ1n) is 7.03. The highest BCUT2D eigenvalue weighted by atomic mass is 35.5. The molecule has 112 valence electrons. The molecule has 4 heteroatoms. The molecular formula is C16H24ClNO2. The van der Waals surface area contributed by atoms with E-state index in [-0.39, 0.29) is 0 Å². The van der Waals surface area contributed by atoms with Crippen molar-refractivity contribution in [2.75, 3.05) is 13.1 Å². The lowest BCUT2D eigenvalue weighted by atomic mass is 10.0. The summed E-state index contributed by atoms with van der Waals surface area (Å²) in [6, 6.07) is 6.48. The lowest BCUT2D eigenvalue weighted by molar-refractivity contribution is -0.144. The minimum absolute atomic E-state index is 0.419. The maximum Gasteiger partial charge on any atom is 0.325 e. The first-order valence-corrected chi connectivity index (χ1v) is 7.41. The van der Waals surface area contributed by atoms with E-state index >= 15 is 0 Å². The van der Waals surface area contributed by atoms with Gasteiger partial charge in [-0.1, -0.05) is 51.4 Å². The van der Waals surface area contributed by atoms with Crippen LogP contribution < -0.4 is 0 Å². The van der Waals surface area contributed by atoms with E-state index in [0.29, 0.717) is 16.9 Å². The van der Waals surface area contributed by atoms with E-state index in [2.05, 4.69) is 27.7 Å². The lowest BCUT2D eigenvalue weighted by Gasteiger charge is -2.32. The maximum absolute atomic E-state index is 11.7. The third kappa shape index (κ3) is 5.14. The molecule has 1 aromatic carbocycles. The minimum atomic E-state index is -0.811. The third-order valence-corrected chi connectivity index (χ3v) is 3.24. The molecule has 0 aliphatic heterocycles. The van der Waals surface area contributed by atoms with Gasteiger partial charge in [0.05, 0.1) is 0 Å². The number of benzene rings is 1. The summed E-state index contributed by atoms with van der Waals surface area (Å²) >= 11 is 5.88. The van der Waals surface area contributed by atoms with E-state index in [9.17, 15) is 9.90 Å². The molecule has 1 N–H and O–H groups in total. The maximum atomic E-state index is 11.7. The number of aliphatic carboxylic acids is 1. The molecule has 1 rings (SSSR count). The van der Waals surface area contributed by atoms with Crippen molar-refractivity contribution in [3.8, 4) is 0 Å². The second-order valence-corrected chi connectivity index (χ2v) is 6.47. The molecule has 0 amide bonds. The zero-order chi connectivity index (χ0) is 15.3. The van der Waals surface area contributed by atoms with E-state index in [4.69, 9.17) is 11.6 Å². The first kappa shape index (κ1) is 17.0. The molecule has 1 unspecified atom stereocenters. The number of nitrogens with zero attached hydrogens (tertiary/aromatic N) is 1. The van der Waals surface area contributed by atoms with Crippen molar-refractivity contribution in [2.24, 2.45) is 11.8 Å². The summed E-state index contributed by atoms with van der Waals surface area (Å²) in [5.74, 6) is 0.0272. The Kier molecular flexibility index (Phi) is 6.50. The van der Waals surface area contributed by atoms with Crippen LogP contribution in [0.25, 0.3) is 0 Å². The summed E-state index contributed by atoms with van der Waals surface area (Å²) in [6.07, 6.45) is 0. The molecule has 0 aliphatic carbocycles. The predicted octanol–water partition coefficient (Wildman–Crippen LogP) is 4.08. The Hall–Kier alpha value is -1.06. The Morgan fingerprint density at radius 3 is 1.90 bits per heavy atom. The van der Waals surface area contributed by atoms with Gasteiger partial charge in [0.15, 0.2) is 0 Å². The van der Waals surface area contributed by atoms with E-state index in [1.807, 2.05) is 4.90 Å². The van der Waals surface area contributed by atoms with Gasteiger partial charge in [0.1, 0.15) is 6.04 Å². The van der Waals surface area contributed by atoms with E-state index in [1.165, 1.54) is 0 Å². The van der Waals surface area contributed by atoms with E-state index in [0.717, 1.165) is 18.7 Å². The number of carboxylic acid groups (broad SMARTS) is 1. The molecule has 0 aliphatic rings. The molecule has 0 radical (unpaired) electrons. The number of carboxylic acids is 1. The van der Waals surface area contributed by atoms with Crippen LogP contribution in [0.2, 0.25) is 5.02 Å². The molecule has 0 fully saturated rings. The van der Waals surface area contributed by atoms with Crippen LogP contribution in [0.3, 0.4) is 0 Å². The topological polar surface area (TPSA) is 40.5 Å². The van der Waals surface area contributed by atoms with Crippen LogP contribution in [-0.4, -0.2) is 29.1 Å². The molecule has 1 atom stereocenters. The Morgan fingerprint density at radius 1 is 1.10 bits per heavy atom. The molecule has 0 bridgehead atoms. The average molecular weight is 298 g/mol. The van der Waals surface area contributed by atoms with Gasteiger partial charge >= 0.3 is 5.97 Å². The monoisotopic (exact) mass is 297 g/mol. The van der Waals surface area contributed by atoms with Gasteiger partial charge in [-0.15, -0.1) is 0 Å². The third-order valence-electron chi connectivity index (χ3n) is 2.98. The van der Waals surface area contributed by atoms with Crippen molar-refractivity contribution < 1.29 is 9.90 Å². The zero-order valence-electron chi connectivity index (χ0n) is 12.6. The summed E-state index contributed by atoms with van der Waals surface area (Å²) < 4.78 is 0. The van der Waals surface area contributed by atoms with Crippen molar-refractivity contribution in [2.45, 2.75) is 33.7 Å². The number of carbonyl (C=O) groups is 1. The number of hydrogen-bond donors (Lipinski definition) is 1. The first-order chi connectivity index (χ1) is 9.31. The van der Waals surface area contributed by atoms with Crippen LogP contribution in [0.15, 0.2) is 24.3 Å². The highest BCUT2D eigenvalue weighted by Crippen LogP contribution is 2.25. The fourth-order valence-corrected chi connectivity index (χ4v) is 2.50. The fraction of sp³-hybridized carbons (Fsp3) is 0.562. The van der Waals surface area contributed by atoms with Crippen molar-refractivity contribution in [1.82, 2.24) is 4.90 Å².